The van der Waals surface area contributed by atoms with Crippen LogP contribution in [-0.4, -0.2) is 59.8 Å². The summed E-state index contributed by atoms with van der Waals surface area (Å²) in [6.07, 6.45) is -0.356. The number of carbonyl (C=O) groups is 2. The van der Waals surface area contributed by atoms with Crippen molar-refractivity contribution in [3.63, 3.8) is 0 Å². The number of rotatable bonds is 10. The number of amides is 1. The van der Waals surface area contributed by atoms with E-state index in [-0.39, 0.29) is 16.9 Å². The van der Waals surface area contributed by atoms with Crippen LogP contribution in [0.15, 0.2) is 70.3 Å². The predicted molar refractivity (Wildman–Crippen MR) is 132 cm³/mol. The van der Waals surface area contributed by atoms with Gasteiger partial charge >= 0.3 is 5.97 Å². The first-order valence-corrected chi connectivity index (χ1v) is 13.2. The molecule has 0 bridgehead atoms. The van der Waals surface area contributed by atoms with Gasteiger partial charge in [-0.05, 0) is 47.8 Å². The lowest BCUT2D eigenvalue weighted by atomic mass is 10.2. The number of ether oxygens (including phenoxy) is 4. The van der Waals surface area contributed by atoms with Gasteiger partial charge < -0.3 is 24.3 Å². The number of sulfonamides is 1. The van der Waals surface area contributed by atoms with E-state index in [0.29, 0.717) is 29.5 Å². The van der Waals surface area contributed by atoms with E-state index in [1.165, 1.54) is 17.4 Å². The fraction of sp³-hybridized carbons (Fsp3) is 0.250. The van der Waals surface area contributed by atoms with Crippen LogP contribution in [0.5, 0.6) is 17.2 Å². The molecule has 1 aliphatic heterocycles. The smallest absolute Gasteiger partial charge is 0.344 e. The molecule has 0 spiro atoms. The van der Waals surface area contributed by atoms with E-state index >= 15 is 0 Å². The third kappa shape index (κ3) is 6.26. The Morgan fingerprint density at radius 1 is 1.06 bits per heavy atom. The molecule has 3 aromatic rings. The molecule has 2 aromatic carbocycles. The highest BCUT2D eigenvalue weighted by Gasteiger charge is 2.23. The maximum atomic E-state index is 12.6. The molecule has 2 heterocycles. The molecule has 0 saturated heterocycles. The molecule has 0 aliphatic carbocycles. The van der Waals surface area contributed by atoms with Gasteiger partial charge in [0.15, 0.2) is 24.7 Å². The normalized spacial score (nSPS) is 14.5. The molecule has 1 aliphatic rings. The lowest BCUT2D eigenvalue weighted by Crippen LogP contribution is -2.42. The Morgan fingerprint density at radius 3 is 2.53 bits per heavy atom. The van der Waals surface area contributed by atoms with E-state index in [1.807, 2.05) is 12.1 Å². The average Bonchev–Trinajstić information content (AvgIpc) is 3.45. The molecule has 190 valence electrons. The zero-order valence-corrected chi connectivity index (χ0v) is 20.9. The fourth-order valence-corrected chi connectivity index (χ4v) is 5.57. The zero-order chi connectivity index (χ0) is 25.5. The molecule has 12 heteroatoms. The lowest BCUT2D eigenvalue weighted by Gasteiger charge is -2.26. The number of carbonyl (C=O) groups excluding carboxylic acids is 2. The number of hydrogen-bond acceptors (Lipinski definition) is 9. The van der Waals surface area contributed by atoms with E-state index in [1.54, 1.807) is 47.8 Å². The number of hydrogen-bond donors (Lipinski definition) is 1. The predicted octanol–water partition coefficient (Wildman–Crippen LogP) is 2.45. The first-order valence-electron chi connectivity index (χ1n) is 10.9. The second kappa shape index (κ2) is 11.3. The highest BCUT2D eigenvalue weighted by molar-refractivity contribution is 7.94. The van der Waals surface area contributed by atoms with Crippen LogP contribution in [-0.2, 0) is 24.3 Å². The number of fused-ring (bicyclic) bond motifs is 1. The summed E-state index contributed by atoms with van der Waals surface area (Å²) in [5.41, 5.74) is 0.436. The van der Waals surface area contributed by atoms with Crippen molar-refractivity contribution in [2.24, 2.45) is 0 Å². The summed E-state index contributed by atoms with van der Waals surface area (Å²) in [5.74, 6) is 0.397. The summed E-state index contributed by atoms with van der Waals surface area (Å²) < 4.78 is 48.3. The topological polar surface area (TPSA) is 120 Å². The van der Waals surface area contributed by atoms with Gasteiger partial charge in [0.1, 0.15) is 22.7 Å². The second-order valence-electron chi connectivity index (χ2n) is 7.65. The number of nitrogens with zero attached hydrogens (tertiary/aromatic N) is 1. The second-order valence-corrected chi connectivity index (χ2v) is 10.8. The Morgan fingerprint density at radius 2 is 1.81 bits per heavy atom. The lowest BCUT2D eigenvalue weighted by molar-refractivity contribution is -0.150. The van der Waals surface area contributed by atoms with Crippen molar-refractivity contribution >= 4 is 38.9 Å². The van der Waals surface area contributed by atoms with Crippen LogP contribution in [0, 0.1) is 0 Å². The maximum Gasteiger partial charge on any atom is 0.344 e. The Hall–Kier alpha value is -3.77. The van der Waals surface area contributed by atoms with E-state index in [0.717, 1.165) is 11.3 Å². The molecule has 0 saturated carbocycles. The summed E-state index contributed by atoms with van der Waals surface area (Å²) >= 11 is 1.14. The van der Waals surface area contributed by atoms with Gasteiger partial charge in [0.25, 0.3) is 15.9 Å². The van der Waals surface area contributed by atoms with Gasteiger partial charge in [-0.25, -0.2) is 13.2 Å². The van der Waals surface area contributed by atoms with Crippen molar-refractivity contribution in [1.29, 1.82) is 0 Å². The first-order chi connectivity index (χ1) is 17.3. The van der Waals surface area contributed by atoms with Crippen LogP contribution in [0.25, 0.3) is 0 Å². The third-order valence-corrected chi connectivity index (χ3v) is 8.28. The van der Waals surface area contributed by atoms with Crippen LogP contribution in [0.3, 0.4) is 0 Å². The Labute approximate surface area is 212 Å². The van der Waals surface area contributed by atoms with Crippen molar-refractivity contribution in [2.45, 2.75) is 10.3 Å². The van der Waals surface area contributed by atoms with Crippen LogP contribution in [0.1, 0.15) is 0 Å². The molecular weight excluding hydrogens is 508 g/mol. The van der Waals surface area contributed by atoms with Gasteiger partial charge in [0, 0.05) is 7.05 Å². The number of thiophene rings is 1. The summed E-state index contributed by atoms with van der Waals surface area (Å²) in [5, 5.41) is 4.33. The molecule has 10 nitrogen and oxygen atoms in total. The minimum atomic E-state index is -3.64. The van der Waals surface area contributed by atoms with E-state index in [9.17, 15) is 18.0 Å². The van der Waals surface area contributed by atoms with Crippen LogP contribution >= 0.6 is 11.3 Å². The van der Waals surface area contributed by atoms with Gasteiger partial charge in [-0.15, -0.1) is 11.3 Å². The van der Waals surface area contributed by atoms with Gasteiger partial charge in [-0.3, -0.25) is 9.10 Å². The molecule has 0 fully saturated rings. The maximum absolute atomic E-state index is 12.6. The Bertz CT molecular complexity index is 1290. The number of anilines is 1. The quantitative estimate of drug-likeness (QED) is 0.396. The standard InChI is InChI=1S/C24H24N2O8S2/c1-26(36(29,30)24-7-4-12-35-24)17-8-10-18(11-9-17)31-16-23(28)33-15-22(27)25-13-19-14-32-20-5-2-3-6-21(20)34-19/h2-12,19H,13-16H2,1H3,(H,25,27). The minimum Gasteiger partial charge on any atom is -0.486 e. The summed E-state index contributed by atoms with van der Waals surface area (Å²) in [6, 6.07) is 16.7. The number of esters is 1. The van der Waals surface area contributed by atoms with E-state index in [2.05, 4.69) is 5.32 Å². The summed E-state index contributed by atoms with van der Waals surface area (Å²) in [7, 11) is -2.19. The van der Waals surface area contributed by atoms with Gasteiger partial charge in [-0.2, -0.15) is 0 Å². The van der Waals surface area contributed by atoms with Crippen molar-refractivity contribution < 1.29 is 37.0 Å². The minimum absolute atomic E-state index is 0.199. The average molecular weight is 533 g/mol. The molecule has 0 radical (unpaired) electrons. The number of para-hydroxylation sites is 2. The van der Waals surface area contributed by atoms with Crippen molar-refractivity contribution in [3.05, 3.63) is 66.0 Å². The Kier molecular flexibility index (Phi) is 7.96. The SMILES string of the molecule is CN(c1ccc(OCC(=O)OCC(=O)NCC2COc3ccccc3O2)cc1)S(=O)(=O)c1cccs1. The Balaban J connectivity index is 1.17. The third-order valence-electron chi connectivity index (χ3n) is 5.13. The molecule has 1 amide bonds. The van der Waals surface area contributed by atoms with E-state index < -0.39 is 35.1 Å². The molecule has 1 N–H and O–H groups in total. The van der Waals surface area contributed by atoms with Gasteiger partial charge in [0.2, 0.25) is 0 Å². The first kappa shape index (κ1) is 25.3. The summed E-state index contributed by atoms with van der Waals surface area (Å²) in [4.78, 5) is 23.9. The monoisotopic (exact) mass is 532 g/mol. The summed E-state index contributed by atoms with van der Waals surface area (Å²) in [6.45, 7) is -0.382. The van der Waals surface area contributed by atoms with Crippen molar-refractivity contribution in [3.8, 4) is 17.2 Å². The van der Waals surface area contributed by atoms with E-state index in [4.69, 9.17) is 18.9 Å². The molecule has 1 unspecified atom stereocenters. The highest BCUT2D eigenvalue weighted by Crippen LogP contribution is 2.30. The highest BCUT2D eigenvalue weighted by atomic mass is 32.2. The van der Waals surface area contributed by atoms with Gasteiger partial charge in [0.05, 0.1) is 12.2 Å². The van der Waals surface area contributed by atoms with Gasteiger partial charge in [-0.1, -0.05) is 18.2 Å². The largest absolute Gasteiger partial charge is 0.486 e. The molecule has 36 heavy (non-hydrogen) atoms. The van der Waals surface area contributed by atoms with Crippen LogP contribution in [0.2, 0.25) is 0 Å². The van der Waals surface area contributed by atoms with Crippen LogP contribution in [0.4, 0.5) is 5.69 Å². The molecule has 4 rings (SSSR count). The molecule has 1 aromatic heterocycles. The zero-order valence-electron chi connectivity index (χ0n) is 19.3. The number of benzene rings is 2. The van der Waals surface area contributed by atoms with Crippen molar-refractivity contribution in [1.82, 2.24) is 5.32 Å². The van der Waals surface area contributed by atoms with Crippen molar-refractivity contribution in [2.75, 3.05) is 37.7 Å². The van der Waals surface area contributed by atoms with Crippen LogP contribution < -0.4 is 23.8 Å². The number of nitrogens with one attached hydrogen (secondary N) is 1. The molecule has 1 atom stereocenters. The molecular formula is C24H24N2O8S2. The fourth-order valence-electron chi connectivity index (χ4n) is 3.21.